The van der Waals surface area contributed by atoms with Crippen molar-refractivity contribution in [3.8, 4) is 11.5 Å². The zero-order valence-electron chi connectivity index (χ0n) is 19.6. The molecule has 2 aromatic carbocycles. The summed E-state index contributed by atoms with van der Waals surface area (Å²) in [5.74, 6) is -0.783. The topological polar surface area (TPSA) is 119 Å². The van der Waals surface area contributed by atoms with Crippen LogP contribution in [0, 0.1) is 0 Å². The normalized spacial score (nSPS) is 12.8. The van der Waals surface area contributed by atoms with E-state index in [9.17, 15) is 20.1 Å². The van der Waals surface area contributed by atoms with Crippen LogP contribution in [-0.4, -0.2) is 55.8 Å². The van der Waals surface area contributed by atoms with Gasteiger partial charge < -0.3 is 20.6 Å². The third-order valence-electron chi connectivity index (χ3n) is 5.88. The van der Waals surface area contributed by atoms with Crippen LogP contribution in [0.2, 0.25) is 0 Å². The fourth-order valence-electron chi connectivity index (χ4n) is 4.28. The summed E-state index contributed by atoms with van der Waals surface area (Å²) in [6.07, 6.45) is 3.34. The molecule has 0 fully saturated rings. The lowest BCUT2D eigenvalue weighted by atomic mass is 9.99. The van der Waals surface area contributed by atoms with E-state index in [0.29, 0.717) is 29.9 Å². The number of carboxylic acid groups (broad SMARTS) is 1. The van der Waals surface area contributed by atoms with E-state index < -0.39 is 18.1 Å². The minimum absolute atomic E-state index is 0.0667. The number of nitrogens with zero attached hydrogens (tertiary/aromatic N) is 3. The Balaban J connectivity index is 1.63. The summed E-state index contributed by atoms with van der Waals surface area (Å²) < 4.78 is 0. The average Bonchev–Trinajstić information content (AvgIpc) is 2.89. The second-order valence-corrected chi connectivity index (χ2v) is 8.28. The zero-order valence-corrected chi connectivity index (χ0v) is 19.6. The number of hydrogen-bond acceptors (Lipinski definition) is 7. The molecule has 0 aliphatic heterocycles. The van der Waals surface area contributed by atoms with Crippen LogP contribution in [0.1, 0.15) is 34.6 Å². The van der Waals surface area contributed by atoms with Crippen molar-refractivity contribution in [1.82, 2.24) is 20.2 Å². The second-order valence-electron chi connectivity index (χ2n) is 8.28. The van der Waals surface area contributed by atoms with Crippen molar-refractivity contribution in [2.45, 2.75) is 12.1 Å². The lowest BCUT2D eigenvalue weighted by molar-refractivity contribution is -0.138. The van der Waals surface area contributed by atoms with Gasteiger partial charge in [0.2, 0.25) is 0 Å². The second kappa shape index (κ2) is 11.9. The number of rotatable bonds is 11. The molecule has 0 aliphatic carbocycles. The molecule has 4 aromatic rings. The Morgan fingerprint density at radius 3 is 1.89 bits per heavy atom. The van der Waals surface area contributed by atoms with Gasteiger partial charge in [-0.2, -0.15) is 0 Å². The molecular formula is C28H28N4O4. The number of carbonyl (C=O) groups is 1. The van der Waals surface area contributed by atoms with Crippen molar-refractivity contribution in [2.24, 2.45) is 0 Å². The summed E-state index contributed by atoms with van der Waals surface area (Å²) >= 11 is 0. The first-order valence-corrected chi connectivity index (χ1v) is 11.6. The number of aliphatic carboxylic acids is 1. The van der Waals surface area contributed by atoms with Gasteiger partial charge in [-0.3, -0.25) is 19.7 Å². The van der Waals surface area contributed by atoms with Gasteiger partial charge in [0.1, 0.15) is 11.5 Å². The minimum Gasteiger partial charge on any atom is -0.508 e. The van der Waals surface area contributed by atoms with E-state index in [4.69, 9.17) is 0 Å². The molecule has 2 unspecified atom stereocenters. The van der Waals surface area contributed by atoms with Gasteiger partial charge in [0.05, 0.1) is 30.0 Å². The van der Waals surface area contributed by atoms with Crippen LogP contribution in [-0.2, 0) is 4.79 Å². The summed E-state index contributed by atoms with van der Waals surface area (Å²) in [6, 6.07) is 24.0. The molecule has 0 amide bonds. The quantitative estimate of drug-likeness (QED) is 0.254. The Kier molecular flexibility index (Phi) is 8.23. The summed E-state index contributed by atoms with van der Waals surface area (Å²) in [7, 11) is 0. The predicted octanol–water partition coefficient (Wildman–Crippen LogP) is 3.74. The standard InChI is InChI=1S/C28H28N4O4/c33-24-13-3-1-9-20(24)27(22-11-5-7-15-29-22)31-17-18-32(19-26(35)36)28(23-12-6-8-16-30-23)21-10-2-4-14-25(21)34/h1-16,27-28,31,33-34H,17-19H2,(H,35,36). The van der Waals surface area contributed by atoms with Crippen LogP contribution in [0.15, 0.2) is 97.3 Å². The van der Waals surface area contributed by atoms with Crippen molar-refractivity contribution in [3.05, 3.63) is 120 Å². The van der Waals surface area contributed by atoms with Gasteiger partial charge in [-0.05, 0) is 36.4 Å². The highest BCUT2D eigenvalue weighted by molar-refractivity contribution is 5.69. The molecule has 2 aromatic heterocycles. The van der Waals surface area contributed by atoms with Crippen molar-refractivity contribution >= 4 is 5.97 Å². The van der Waals surface area contributed by atoms with Crippen LogP contribution in [0.3, 0.4) is 0 Å². The molecule has 8 heteroatoms. The molecule has 2 atom stereocenters. The third kappa shape index (κ3) is 6.04. The van der Waals surface area contributed by atoms with Gasteiger partial charge in [-0.15, -0.1) is 0 Å². The molecular weight excluding hydrogens is 456 g/mol. The zero-order chi connectivity index (χ0) is 25.3. The van der Waals surface area contributed by atoms with E-state index in [1.54, 1.807) is 59.8 Å². The lowest BCUT2D eigenvalue weighted by Gasteiger charge is -2.31. The average molecular weight is 485 g/mol. The molecule has 2 heterocycles. The summed E-state index contributed by atoms with van der Waals surface area (Å²) in [5, 5.41) is 34.2. The van der Waals surface area contributed by atoms with E-state index in [1.165, 1.54) is 0 Å². The van der Waals surface area contributed by atoms with Gasteiger partial charge in [-0.25, -0.2) is 0 Å². The molecule has 0 saturated carbocycles. The van der Waals surface area contributed by atoms with E-state index in [2.05, 4.69) is 15.3 Å². The maximum atomic E-state index is 11.9. The van der Waals surface area contributed by atoms with Crippen LogP contribution in [0.25, 0.3) is 0 Å². The molecule has 0 aliphatic rings. The van der Waals surface area contributed by atoms with Gasteiger partial charge in [-0.1, -0.05) is 48.5 Å². The fourth-order valence-corrected chi connectivity index (χ4v) is 4.28. The highest BCUT2D eigenvalue weighted by Gasteiger charge is 2.28. The molecule has 0 radical (unpaired) electrons. The van der Waals surface area contributed by atoms with Crippen molar-refractivity contribution < 1.29 is 20.1 Å². The number of phenols is 2. The first kappa shape index (κ1) is 24.8. The monoisotopic (exact) mass is 484 g/mol. The van der Waals surface area contributed by atoms with Crippen molar-refractivity contribution in [3.63, 3.8) is 0 Å². The Morgan fingerprint density at radius 2 is 1.33 bits per heavy atom. The Morgan fingerprint density at radius 1 is 0.778 bits per heavy atom. The van der Waals surface area contributed by atoms with Gasteiger partial charge >= 0.3 is 5.97 Å². The highest BCUT2D eigenvalue weighted by Crippen LogP contribution is 2.33. The molecule has 0 saturated heterocycles. The van der Waals surface area contributed by atoms with Gasteiger partial charge in [0.15, 0.2) is 0 Å². The number of phenolic OH excluding ortho intramolecular Hbond substituents is 2. The number of aromatic nitrogens is 2. The molecule has 0 spiro atoms. The van der Waals surface area contributed by atoms with Gasteiger partial charge in [0.25, 0.3) is 0 Å². The van der Waals surface area contributed by atoms with E-state index in [0.717, 1.165) is 5.69 Å². The number of para-hydroxylation sites is 2. The predicted molar refractivity (Wildman–Crippen MR) is 136 cm³/mol. The summed E-state index contributed by atoms with van der Waals surface area (Å²) in [4.78, 5) is 22.5. The SMILES string of the molecule is O=C(O)CN(CCNC(c1ccccn1)c1ccccc1O)C(c1ccccn1)c1ccccc1O. The van der Waals surface area contributed by atoms with Crippen LogP contribution in [0.5, 0.6) is 11.5 Å². The van der Waals surface area contributed by atoms with E-state index >= 15 is 0 Å². The first-order valence-electron chi connectivity index (χ1n) is 11.6. The minimum atomic E-state index is -0.992. The molecule has 8 nitrogen and oxygen atoms in total. The maximum Gasteiger partial charge on any atom is 0.317 e. The third-order valence-corrected chi connectivity index (χ3v) is 5.88. The van der Waals surface area contributed by atoms with Crippen LogP contribution in [0.4, 0.5) is 0 Å². The first-order chi connectivity index (χ1) is 17.5. The molecule has 4 N–H and O–H groups in total. The Hall–Kier alpha value is -4.27. The molecule has 0 bridgehead atoms. The number of hydrogen-bond donors (Lipinski definition) is 4. The summed E-state index contributed by atoms with van der Waals surface area (Å²) in [6.45, 7) is 0.431. The van der Waals surface area contributed by atoms with E-state index in [-0.39, 0.29) is 18.0 Å². The largest absolute Gasteiger partial charge is 0.508 e. The molecule has 36 heavy (non-hydrogen) atoms. The van der Waals surface area contributed by atoms with Gasteiger partial charge in [0, 0.05) is 36.6 Å². The number of benzene rings is 2. The van der Waals surface area contributed by atoms with Crippen LogP contribution >= 0.6 is 0 Å². The Bertz CT molecular complexity index is 1270. The number of nitrogens with one attached hydrogen (secondary N) is 1. The summed E-state index contributed by atoms with van der Waals surface area (Å²) in [5.41, 5.74) is 2.59. The van der Waals surface area contributed by atoms with Crippen molar-refractivity contribution in [1.29, 1.82) is 0 Å². The van der Waals surface area contributed by atoms with E-state index in [1.807, 2.05) is 42.5 Å². The molecule has 4 rings (SSSR count). The Labute approximate surface area is 209 Å². The van der Waals surface area contributed by atoms with Crippen molar-refractivity contribution in [2.75, 3.05) is 19.6 Å². The van der Waals surface area contributed by atoms with Crippen LogP contribution < -0.4 is 5.32 Å². The maximum absolute atomic E-state index is 11.9. The molecule has 184 valence electrons. The number of carboxylic acids is 1. The number of pyridine rings is 2. The highest BCUT2D eigenvalue weighted by atomic mass is 16.4. The fraction of sp³-hybridized carbons (Fsp3) is 0.179. The smallest absolute Gasteiger partial charge is 0.317 e. The lowest BCUT2D eigenvalue weighted by Crippen LogP contribution is -2.40. The number of aromatic hydroxyl groups is 2.